The Labute approximate surface area is 137 Å². The fraction of sp³-hybridized carbons (Fsp3) is 0.438. The molecule has 1 aliphatic rings. The SMILES string of the molecule is CN(C)S(=O)(=O)c1ccc(NCc2cnn(C)c2C2CC2)cc1. The van der Waals surface area contributed by atoms with E-state index in [2.05, 4.69) is 10.4 Å². The largest absolute Gasteiger partial charge is 0.381 e. The summed E-state index contributed by atoms with van der Waals surface area (Å²) in [6, 6.07) is 6.85. The molecule has 0 radical (unpaired) electrons. The molecule has 1 heterocycles. The van der Waals surface area contributed by atoms with Gasteiger partial charge in [-0.2, -0.15) is 5.10 Å². The number of rotatable bonds is 6. The second-order valence-electron chi connectivity index (χ2n) is 6.12. The van der Waals surface area contributed by atoms with Crippen LogP contribution in [0, 0.1) is 0 Å². The first-order valence-corrected chi connectivity index (χ1v) is 9.11. The quantitative estimate of drug-likeness (QED) is 0.879. The molecule has 1 aromatic carbocycles. The van der Waals surface area contributed by atoms with Gasteiger partial charge in [0.15, 0.2) is 0 Å². The van der Waals surface area contributed by atoms with Crippen molar-refractivity contribution in [1.29, 1.82) is 0 Å². The predicted octanol–water partition coefficient (Wildman–Crippen LogP) is 2.16. The van der Waals surface area contributed by atoms with Crippen LogP contribution in [0.5, 0.6) is 0 Å². The number of hydrogen-bond acceptors (Lipinski definition) is 4. The Bertz CT molecular complexity index is 790. The van der Waals surface area contributed by atoms with Crippen LogP contribution in [0.15, 0.2) is 35.4 Å². The maximum atomic E-state index is 12.0. The summed E-state index contributed by atoms with van der Waals surface area (Å²) < 4.78 is 27.3. The highest BCUT2D eigenvalue weighted by atomic mass is 32.2. The molecule has 1 aliphatic carbocycles. The van der Waals surface area contributed by atoms with Crippen LogP contribution in [0.3, 0.4) is 0 Å². The molecule has 1 saturated carbocycles. The van der Waals surface area contributed by atoms with Gasteiger partial charge in [0, 0.05) is 50.6 Å². The Kier molecular flexibility index (Phi) is 4.16. The van der Waals surface area contributed by atoms with Crippen LogP contribution in [-0.4, -0.2) is 36.6 Å². The van der Waals surface area contributed by atoms with E-state index >= 15 is 0 Å². The molecule has 7 heteroatoms. The summed E-state index contributed by atoms with van der Waals surface area (Å²) in [6.07, 6.45) is 4.39. The molecule has 0 amide bonds. The zero-order chi connectivity index (χ0) is 16.6. The fourth-order valence-electron chi connectivity index (χ4n) is 2.66. The van der Waals surface area contributed by atoms with Gasteiger partial charge in [0.1, 0.15) is 0 Å². The van der Waals surface area contributed by atoms with Gasteiger partial charge < -0.3 is 5.32 Å². The number of benzene rings is 1. The van der Waals surface area contributed by atoms with Gasteiger partial charge in [0.2, 0.25) is 10.0 Å². The van der Waals surface area contributed by atoms with Gasteiger partial charge in [-0.25, -0.2) is 12.7 Å². The molecule has 0 saturated heterocycles. The van der Waals surface area contributed by atoms with E-state index in [-0.39, 0.29) is 0 Å². The number of anilines is 1. The summed E-state index contributed by atoms with van der Waals surface area (Å²) in [6.45, 7) is 0.694. The van der Waals surface area contributed by atoms with E-state index in [1.54, 1.807) is 24.3 Å². The van der Waals surface area contributed by atoms with Crippen LogP contribution >= 0.6 is 0 Å². The van der Waals surface area contributed by atoms with Gasteiger partial charge in [-0.3, -0.25) is 4.68 Å². The lowest BCUT2D eigenvalue weighted by Gasteiger charge is -2.12. The molecule has 1 N–H and O–H groups in total. The van der Waals surface area contributed by atoms with E-state index in [0.717, 1.165) is 5.69 Å². The summed E-state index contributed by atoms with van der Waals surface area (Å²) in [5.41, 5.74) is 3.41. The highest BCUT2D eigenvalue weighted by molar-refractivity contribution is 7.89. The van der Waals surface area contributed by atoms with E-state index in [9.17, 15) is 8.42 Å². The summed E-state index contributed by atoms with van der Waals surface area (Å²) >= 11 is 0. The standard InChI is InChI=1S/C16H22N4O2S/c1-19(2)23(21,22)15-8-6-14(7-9-15)17-10-13-11-18-20(3)16(13)12-4-5-12/h6-9,11-12,17H,4-5,10H2,1-3H3. The van der Waals surface area contributed by atoms with Crippen molar-refractivity contribution < 1.29 is 8.42 Å². The molecule has 2 aromatic rings. The third-order valence-electron chi connectivity index (χ3n) is 4.14. The molecule has 124 valence electrons. The number of aromatic nitrogens is 2. The number of nitrogens with one attached hydrogen (secondary N) is 1. The van der Waals surface area contributed by atoms with Crippen LogP contribution in [0.4, 0.5) is 5.69 Å². The van der Waals surface area contributed by atoms with Gasteiger partial charge in [0.05, 0.1) is 11.1 Å². The highest BCUT2D eigenvalue weighted by Crippen LogP contribution is 2.41. The van der Waals surface area contributed by atoms with Crippen molar-refractivity contribution in [3.8, 4) is 0 Å². The van der Waals surface area contributed by atoms with Gasteiger partial charge in [-0.05, 0) is 37.1 Å². The number of hydrogen-bond donors (Lipinski definition) is 1. The lowest BCUT2D eigenvalue weighted by molar-refractivity contribution is 0.521. The van der Waals surface area contributed by atoms with Crippen molar-refractivity contribution in [2.45, 2.75) is 30.2 Å². The van der Waals surface area contributed by atoms with Crippen LogP contribution in [0.25, 0.3) is 0 Å². The Morgan fingerprint density at radius 3 is 2.48 bits per heavy atom. The summed E-state index contributed by atoms with van der Waals surface area (Å²) in [5, 5.41) is 7.69. The lowest BCUT2D eigenvalue weighted by Crippen LogP contribution is -2.22. The van der Waals surface area contributed by atoms with Crippen molar-refractivity contribution in [2.24, 2.45) is 7.05 Å². The van der Waals surface area contributed by atoms with Crippen molar-refractivity contribution in [3.05, 3.63) is 41.7 Å². The maximum absolute atomic E-state index is 12.0. The first-order chi connectivity index (χ1) is 10.9. The van der Waals surface area contributed by atoms with E-state index in [1.165, 1.54) is 42.5 Å². The first-order valence-electron chi connectivity index (χ1n) is 7.67. The van der Waals surface area contributed by atoms with Gasteiger partial charge in [-0.15, -0.1) is 0 Å². The number of sulfonamides is 1. The molecule has 0 unspecified atom stereocenters. The van der Waals surface area contributed by atoms with E-state index < -0.39 is 10.0 Å². The summed E-state index contributed by atoms with van der Waals surface area (Å²) in [7, 11) is 1.67. The van der Waals surface area contributed by atoms with Crippen LogP contribution in [0.2, 0.25) is 0 Å². The van der Waals surface area contributed by atoms with Crippen LogP contribution in [0.1, 0.15) is 30.0 Å². The number of nitrogens with zero attached hydrogens (tertiary/aromatic N) is 3. The van der Waals surface area contributed by atoms with Gasteiger partial charge >= 0.3 is 0 Å². The van der Waals surface area contributed by atoms with E-state index in [1.807, 2.05) is 17.9 Å². The van der Waals surface area contributed by atoms with Gasteiger partial charge in [-0.1, -0.05) is 0 Å². The lowest BCUT2D eigenvalue weighted by atomic mass is 10.1. The molecule has 0 aliphatic heterocycles. The Morgan fingerprint density at radius 2 is 1.91 bits per heavy atom. The summed E-state index contributed by atoms with van der Waals surface area (Å²) in [4.78, 5) is 0.299. The minimum atomic E-state index is -3.37. The molecule has 3 rings (SSSR count). The minimum absolute atomic E-state index is 0.299. The predicted molar refractivity (Wildman–Crippen MR) is 89.8 cm³/mol. The fourth-order valence-corrected chi connectivity index (χ4v) is 3.57. The summed E-state index contributed by atoms with van der Waals surface area (Å²) in [5.74, 6) is 0.645. The molecule has 1 fully saturated rings. The smallest absolute Gasteiger partial charge is 0.242 e. The molecule has 23 heavy (non-hydrogen) atoms. The first kappa shape index (κ1) is 16.0. The molecule has 0 bridgehead atoms. The molecule has 1 aromatic heterocycles. The van der Waals surface area contributed by atoms with Crippen molar-refractivity contribution >= 4 is 15.7 Å². The second kappa shape index (κ2) is 5.98. The van der Waals surface area contributed by atoms with Crippen LogP contribution in [-0.2, 0) is 23.6 Å². The Hall–Kier alpha value is -1.86. The van der Waals surface area contributed by atoms with Crippen molar-refractivity contribution in [3.63, 3.8) is 0 Å². The third kappa shape index (κ3) is 3.25. The average Bonchev–Trinajstić information content (AvgIpc) is 3.29. The van der Waals surface area contributed by atoms with Gasteiger partial charge in [0.25, 0.3) is 0 Å². The van der Waals surface area contributed by atoms with Crippen molar-refractivity contribution in [2.75, 3.05) is 19.4 Å². The normalized spacial score (nSPS) is 15.1. The maximum Gasteiger partial charge on any atom is 0.242 e. The topological polar surface area (TPSA) is 67.2 Å². The molecular weight excluding hydrogens is 312 g/mol. The molecule has 6 nitrogen and oxygen atoms in total. The van der Waals surface area contributed by atoms with Crippen molar-refractivity contribution in [1.82, 2.24) is 14.1 Å². The molecule has 0 atom stereocenters. The zero-order valence-corrected chi connectivity index (χ0v) is 14.5. The monoisotopic (exact) mass is 334 g/mol. The highest BCUT2D eigenvalue weighted by Gasteiger charge is 2.29. The third-order valence-corrected chi connectivity index (χ3v) is 5.97. The Balaban J connectivity index is 1.70. The Morgan fingerprint density at radius 1 is 1.26 bits per heavy atom. The van der Waals surface area contributed by atoms with Crippen LogP contribution < -0.4 is 5.32 Å². The van der Waals surface area contributed by atoms with E-state index in [4.69, 9.17) is 0 Å². The molecule has 0 spiro atoms. The number of aryl methyl sites for hydroxylation is 1. The van der Waals surface area contributed by atoms with E-state index in [0.29, 0.717) is 17.4 Å². The molecular formula is C16H22N4O2S. The average molecular weight is 334 g/mol. The second-order valence-corrected chi connectivity index (χ2v) is 8.27. The minimum Gasteiger partial charge on any atom is -0.381 e. The zero-order valence-electron chi connectivity index (χ0n) is 13.7.